The molecular weight excluding hydrogens is 160 g/mol. The molecule has 2 N–H and O–H groups in total. The van der Waals surface area contributed by atoms with Gasteiger partial charge in [-0.15, -0.1) is 0 Å². The van der Waals surface area contributed by atoms with Gasteiger partial charge in [0.2, 0.25) is 0 Å². The number of hydrogen-bond acceptors (Lipinski definition) is 4. The molecule has 4 heteroatoms. The van der Waals surface area contributed by atoms with E-state index in [0.29, 0.717) is 12.8 Å². The summed E-state index contributed by atoms with van der Waals surface area (Å²) in [5.74, 6) is -0.409. The van der Waals surface area contributed by atoms with Crippen molar-refractivity contribution in [3.05, 3.63) is 0 Å². The van der Waals surface area contributed by atoms with Crippen LogP contribution < -0.4 is 0 Å². The monoisotopic (exact) mass is 174 g/mol. The molecule has 1 aliphatic carbocycles. The van der Waals surface area contributed by atoms with Gasteiger partial charge in [0.25, 0.3) is 0 Å². The summed E-state index contributed by atoms with van der Waals surface area (Å²) < 4.78 is 4.82. The van der Waals surface area contributed by atoms with E-state index in [0.717, 1.165) is 6.42 Å². The molecule has 0 heterocycles. The van der Waals surface area contributed by atoms with Crippen LogP contribution in [0, 0.1) is 0 Å². The highest BCUT2D eigenvalue weighted by atomic mass is 16.6. The number of aliphatic hydroxyl groups excluding tert-OH is 2. The summed E-state index contributed by atoms with van der Waals surface area (Å²) in [6.45, 7) is 1.30. The lowest BCUT2D eigenvalue weighted by Crippen LogP contribution is -2.43. The second-order valence-corrected chi connectivity index (χ2v) is 3.14. The quantitative estimate of drug-likeness (QED) is 0.541. The largest absolute Gasteiger partial charge is 0.460 e. The average Bonchev–Trinajstić information content (AvgIpc) is 1.98. The van der Waals surface area contributed by atoms with Gasteiger partial charge < -0.3 is 14.9 Å². The normalized spacial score (nSPS) is 36.1. The van der Waals surface area contributed by atoms with Crippen LogP contribution in [0.2, 0.25) is 0 Å². The summed E-state index contributed by atoms with van der Waals surface area (Å²) in [5.41, 5.74) is 0. The Hall–Kier alpha value is -0.610. The lowest BCUT2D eigenvalue weighted by molar-refractivity contribution is -0.162. The van der Waals surface area contributed by atoms with Crippen molar-refractivity contribution in [3.63, 3.8) is 0 Å². The van der Waals surface area contributed by atoms with E-state index in [9.17, 15) is 15.0 Å². The van der Waals surface area contributed by atoms with Crippen molar-refractivity contribution in [2.24, 2.45) is 0 Å². The third-order valence-corrected chi connectivity index (χ3v) is 2.08. The molecule has 0 amide bonds. The van der Waals surface area contributed by atoms with Gasteiger partial charge in [-0.3, -0.25) is 4.79 Å². The molecule has 4 nitrogen and oxygen atoms in total. The third kappa shape index (κ3) is 2.19. The van der Waals surface area contributed by atoms with Crippen LogP contribution in [0.5, 0.6) is 0 Å². The number of hydrogen-bond donors (Lipinski definition) is 2. The van der Waals surface area contributed by atoms with E-state index < -0.39 is 24.3 Å². The number of esters is 1. The van der Waals surface area contributed by atoms with Crippen molar-refractivity contribution in [2.75, 3.05) is 0 Å². The zero-order valence-electron chi connectivity index (χ0n) is 7.06. The number of aliphatic hydroxyl groups is 2. The lowest BCUT2D eigenvalue weighted by atomic mass is 9.92. The highest BCUT2D eigenvalue weighted by Gasteiger charge is 2.32. The molecule has 12 heavy (non-hydrogen) atoms. The molecule has 1 saturated carbocycles. The molecule has 1 rings (SSSR count). The van der Waals surface area contributed by atoms with Crippen LogP contribution in [0.25, 0.3) is 0 Å². The van der Waals surface area contributed by atoms with Crippen LogP contribution in [0.4, 0.5) is 0 Å². The molecule has 0 bridgehead atoms. The zero-order chi connectivity index (χ0) is 9.14. The summed E-state index contributed by atoms with van der Waals surface area (Å²) in [6.07, 6.45) is -0.176. The molecule has 70 valence electrons. The molecule has 0 saturated heterocycles. The standard InChI is InChI=1S/C8H14O4/c1-5(9)12-7-4-2-3-6(10)8(7)11/h6-8,10-11H,2-4H2,1H3/t6-,7?,8-/m1/s1. The zero-order valence-corrected chi connectivity index (χ0v) is 7.06. The highest BCUT2D eigenvalue weighted by molar-refractivity contribution is 5.66. The highest BCUT2D eigenvalue weighted by Crippen LogP contribution is 2.21. The Morgan fingerprint density at radius 3 is 2.67 bits per heavy atom. The van der Waals surface area contributed by atoms with Gasteiger partial charge in [-0.25, -0.2) is 0 Å². The van der Waals surface area contributed by atoms with Gasteiger partial charge in [0.05, 0.1) is 6.10 Å². The topological polar surface area (TPSA) is 66.8 Å². The van der Waals surface area contributed by atoms with Gasteiger partial charge in [0, 0.05) is 6.92 Å². The van der Waals surface area contributed by atoms with Gasteiger partial charge in [0.1, 0.15) is 12.2 Å². The molecule has 0 aromatic heterocycles. The molecule has 3 atom stereocenters. The number of rotatable bonds is 1. The van der Waals surface area contributed by atoms with E-state index >= 15 is 0 Å². The smallest absolute Gasteiger partial charge is 0.302 e. The van der Waals surface area contributed by atoms with Crippen LogP contribution >= 0.6 is 0 Å². The predicted molar refractivity (Wildman–Crippen MR) is 41.4 cm³/mol. The molecule has 1 fully saturated rings. The van der Waals surface area contributed by atoms with Gasteiger partial charge in [0.15, 0.2) is 0 Å². The number of carbonyl (C=O) groups excluding carboxylic acids is 1. The first kappa shape index (κ1) is 9.48. The van der Waals surface area contributed by atoms with Gasteiger partial charge in [-0.05, 0) is 19.3 Å². The van der Waals surface area contributed by atoms with Gasteiger partial charge in [-0.2, -0.15) is 0 Å². The first-order valence-corrected chi connectivity index (χ1v) is 4.14. The fourth-order valence-corrected chi connectivity index (χ4v) is 1.46. The minimum absolute atomic E-state index is 0.409. The summed E-state index contributed by atoms with van der Waals surface area (Å²) >= 11 is 0. The second kappa shape index (κ2) is 3.87. The summed E-state index contributed by atoms with van der Waals surface area (Å²) in [4.78, 5) is 10.5. The Morgan fingerprint density at radius 1 is 1.42 bits per heavy atom. The third-order valence-electron chi connectivity index (χ3n) is 2.08. The van der Waals surface area contributed by atoms with E-state index in [1.165, 1.54) is 6.92 Å². The van der Waals surface area contributed by atoms with E-state index in [1.54, 1.807) is 0 Å². The Morgan fingerprint density at radius 2 is 2.08 bits per heavy atom. The molecule has 1 aliphatic rings. The maximum atomic E-state index is 10.5. The van der Waals surface area contributed by atoms with Crippen LogP contribution in [0.15, 0.2) is 0 Å². The fraction of sp³-hybridized carbons (Fsp3) is 0.875. The molecule has 0 aliphatic heterocycles. The molecule has 1 unspecified atom stereocenters. The Labute approximate surface area is 71.2 Å². The van der Waals surface area contributed by atoms with Crippen LogP contribution in [-0.2, 0) is 9.53 Å². The summed E-state index contributed by atoms with van der Waals surface area (Å²) in [6, 6.07) is 0. The molecule has 0 aromatic carbocycles. The Balaban J connectivity index is 2.46. The second-order valence-electron chi connectivity index (χ2n) is 3.14. The van der Waals surface area contributed by atoms with E-state index in [-0.39, 0.29) is 0 Å². The maximum Gasteiger partial charge on any atom is 0.302 e. The van der Waals surface area contributed by atoms with Crippen LogP contribution in [0.3, 0.4) is 0 Å². The SMILES string of the molecule is CC(=O)OC1CCC[C@@H](O)[C@H]1O. The summed E-state index contributed by atoms with van der Waals surface area (Å²) in [5, 5.41) is 18.6. The summed E-state index contributed by atoms with van der Waals surface area (Å²) in [7, 11) is 0. The molecule has 0 aromatic rings. The van der Waals surface area contributed by atoms with E-state index in [1.807, 2.05) is 0 Å². The number of carbonyl (C=O) groups is 1. The molecule has 0 spiro atoms. The maximum absolute atomic E-state index is 10.5. The minimum Gasteiger partial charge on any atom is -0.460 e. The van der Waals surface area contributed by atoms with Crippen molar-refractivity contribution in [2.45, 2.75) is 44.5 Å². The van der Waals surface area contributed by atoms with Crippen molar-refractivity contribution in [1.29, 1.82) is 0 Å². The molecule has 0 radical (unpaired) electrons. The average molecular weight is 174 g/mol. The predicted octanol–water partition coefficient (Wildman–Crippen LogP) is -0.176. The number of ether oxygens (including phenoxy) is 1. The van der Waals surface area contributed by atoms with Crippen molar-refractivity contribution in [3.8, 4) is 0 Å². The first-order chi connectivity index (χ1) is 5.61. The van der Waals surface area contributed by atoms with E-state index in [2.05, 4.69) is 0 Å². The lowest BCUT2D eigenvalue weighted by Gasteiger charge is -2.30. The minimum atomic E-state index is -0.914. The fourth-order valence-electron chi connectivity index (χ4n) is 1.46. The Kier molecular flexibility index (Phi) is 3.05. The van der Waals surface area contributed by atoms with Crippen molar-refractivity contribution in [1.82, 2.24) is 0 Å². The van der Waals surface area contributed by atoms with Gasteiger partial charge in [-0.1, -0.05) is 0 Å². The van der Waals surface area contributed by atoms with Crippen LogP contribution in [0.1, 0.15) is 26.2 Å². The molecular formula is C8H14O4. The van der Waals surface area contributed by atoms with E-state index in [4.69, 9.17) is 4.74 Å². The van der Waals surface area contributed by atoms with Gasteiger partial charge >= 0.3 is 5.97 Å². The first-order valence-electron chi connectivity index (χ1n) is 4.14. The van der Waals surface area contributed by atoms with Crippen molar-refractivity contribution >= 4 is 5.97 Å². The van der Waals surface area contributed by atoms with Crippen molar-refractivity contribution < 1.29 is 19.7 Å². The van der Waals surface area contributed by atoms with Crippen LogP contribution in [-0.4, -0.2) is 34.5 Å². The Bertz CT molecular complexity index is 168.